The van der Waals surface area contributed by atoms with E-state index < -0.39 is 11.8 Å². The quantitative estimate of drug-likeness (QED) is 0.247. The number of fused-ring (bicyclic) bond motifs is 1. The molecule has 4 aromatic rings. The number of aromatic nitrogens is 5. The highest BCUT2D eigenvalue weighted by atomic mass is 32.2. The second-order valence-electron chi connectivity index (χ2n) is 7.25. The molecule has 1 aliphatic rings. The number of Topliss-reactive ketones (excluding diaryl/α,β-unsaturated/α-hetero) is 1. The number of hydrogen-bond donors (Lipinski definition) is 0. The van der Waals surface area contributed by atoms with Crippen LogP contribution in [-0.4, -0.2) is 48.2 Å². The van der Waals surface area contributed by atoms with E-state index in [-0.39, 0.29) is 33.6 Å². The summed E-state index contributed by atoms with van der Waals surface area (Å²) < 4.78 is 1.31. The van der Waals surface area contributed by atoms with Crippen LogP contribution in [-0.2, 0) is 0 Å². The van der Waals surface area contributed by atoms with Crippen molar-refractivity contribution in [3.8, 4) is 11.5 Å². The maximum absolute atomic E-state index is 13.1. The Kier molecular flexibility index (Phi) is 5.27. The molecule has 2 amide bonds. The van der Waals surface area contributed by atoms with Crippen LogP contribution in [0.3, 0.4) is 0 Å². The summed E-state index contributed by atoms with van der Waals surface area (Å²) in [6, 6.07) is 13.8. The molecule has 10 heteroatoms. The molecular formula is C23H16N6O3S. The van der Waals surface area contributed by atoms with Crippen molar-refractivity contribution in [2.45, 2.75) is 12.1 Å². The van der Waals surface area contributed by atoms with Gasteiger partial charge in [-0.3, -0.25) is 19.4 Å². The van der Waals surface area contributed by atoms with Gasteiger partial charge >= 0.3 is 0 Å². The SMILES string of the molecule is Cc1ccc(C(=O)CSc2nnc(-c3cnccn3)n2N2C(=O)c3ccccc3C2=O)cc1. The van der Waals surface area contributed by atoms with Crippen molar-refractivity contribution in [3.63, 3.8) is 0 Å². The first-order valence-corrected chi connectivity index (χ1v) is 11.0. The number of nitrogens with zero attached hydrogens (tertiary/aromatic N) is 6. The molecule has 0 saturated heterocycles. The van der Waals surface area contributed by atoms with Gasteiger partial charge in [0, 0.05) is 18.0 Å². The summed E-state index contributed by atoms with van der Waals surface area (Å²) in [5, 5.41) is 9.51. The Morgan fingerprint density at radius 3 is 2.27 bits per heavy atom. The minimum atomic E-state index is -0.507. The molecule has 162 valence electrons. The third-order valence-electron chi connectivity index (χ3n) is 5.08. The maximum Gasteiger partial charge on any atom is 0.281 e. The van der Waals surface area contributed by atoms with Crippen molar-refractivity contribution in [2.24, 2.45) is 0 Å². The number of rotatable bonds is 6. The van der Waals surface area contributed by atoms with E-state index in [1.54, 1.807) is 36.4 Å². The van der Waals surface area contributed by atoms with Crippen LogP contribution >= 0.6 is 11.8 Å². The van der Waals surface area contributed by atoms with Crippen molar-refractivity contribution >= 4 is 29.4 Å². The predicted octanol–water partition coefficient (Wildman–Crippen LogP) is 2.95. The highest BCUT2D eigenvalue weighted by Crippen LogP contribution is 2.29. The van der Waals surface area contributed by atoms with Crippen LogP contribution in [0.25, 0.3) is 11.5 Å². The average Bonchev–Trinajstić information content (AvgIpc) is 3.37. The van der Waals surface area contributed by atoms with Crippen molar-refractivity contribution in [3.05, 3.63) is 89.4 Å². The highest BCUT2D eigenvalue weighted by Gasteiger charge is 2.40. The Labute approximate surface area is 192 Å². The molecule has 0 unspecified atom stereocenters. The van der Waals surface area contributed by atoms with Crippen molar-refractivity contribution in [1.82, 2.24) is 24.8 Å². The Bertz CT molecular complexity index is 1350. The predicted molar refractivity (Wildman–Crippen MR) is 121 cm³/mol. The second-order valence-corrected chi connectivity index (χ2v) is 8.20. The summed E-state index contributed by atoms with van der Waals surface area (Å²) in [5.41, 5.74) is 2.52. The molecule has 2 aromatic heterocycles. The normalized spacial score (nSPS) is 12.8. The van der Waals surface area contributed by atoms with Gasteiger partial charge in [-0.2, -0.15) is 9.69 Å². The van der Waals surface area contributed by atoms with Gasteiger partial charge < -0.3 is 0 Å². The molecule has 0 radical (unpaired) electrons. The summed E-state index contributed by atoms with van der Waals surface area (Å²) in [7, 11) is 0. The number of carbonyl (C=O) groups is 3. The van der Waals surface area contributed by atoms with Gasteiger partial charge in [-0.25, -0.2) is 4.98 Å². The van der Waals surface area contributed by atoms with Crippen LogP contribution in [0.15, 0.2) is 72.3 Å². The lowest BCUT2D eigenvalue weighted by Gasteiger charge is -2.18. The second kappa shape index (κ2) is 8.40. The lowest BCUT2D eigenvalue weighted by molar-refractivity contribution is 0.0881. The van der Waals surface area contributed by atoms with Crippen LogP contribution in [0, 0.1) is 6.92 Å². The van der Waals surface area contributed by atoms with Crippen LogP contribution in [0.5, 0.6) is 0 Å². The zero-order chi connectivity index (χ0) is 22.9. The first-order chi connectivity index (χ1) is 16.0. The van der Waals surface area contributed by atoms with E-state index in [0.29, 0.717) is 11.3 Å². The van der Waals surface area contributed by atoms with Gasteiger partial charge in [0.2, 0.25) is 11.0 Å². The summed E-state index contributed by atoms with van der Waals surface area (Å²) in [6.45, 7) is 1.95. The number of ketones is 1. The summed E-state index contributed by atoms with van der Waals surface area (Å²) in [4.78, 5) is 47.3. The number of benzene rings is 2. The van der Waals surface area contributed by atoms with E-state index in [9.17, 15) is 14.4 Å². The Balaban J connectivity index is 1.53. The van der Waals surface area contributed by atoms with E-state index in [4.69, 9.17) is 0 Å². The van der Waals surface area contributed by atoms with Crippen molar-refractivity contribution in [2.75, 3.05) is 10.8 Å². The zero-order valence-corrected chi connectivity index (χ0v) is 18.2. The Hall–Kier alpha value is -4.18. The van der Waals surface area contributed by atoms with E-state index in [2.05, 4.69) is 20.2 Å². The molecule has 0 atom stereocenters. The lowest BCUT2D eigenvalue weighted by atomic mass is 10.1. The van der Waals surface area contributed by atoms with Crippen LogP contribution in [0.2, 0.25) is 0 Å². The number of imide groups is 1. The highest BCUT2D eigenvalue weighted by molar-refractivity contribution is 7.99. The molecule has 0 fully saturated rings. The molecule has 0 N–H and O–H groups in total. The van der Waals surface area contributed by atoms with E-state index >= 15 is 0 Å². The molecular weight excluding hydrogens is 440 g/mol. The average molecular weight is 456 g/mol. The van der Waals surface area contributed by atoms with E-state index in [1.165, 1.54) is 23.3 Å². The molecule has 9 nitrogen and oxygen atoms in total. The summed E-state index contributed by atoms with van der Waals surface area (Å²) in [5.74, 6) is -0.912. The smallest absolute Gasteiger partial charge is 0.281 e. The molecule has 2 aromatic carbocycles. The molecule has 5 rings (SSSR count). The minimum Gasteiger partial charge on any atom is -0.293 e. The molecule has 0 saturated carbocycles. The molecule has 3 heterocycles. The van der Waals surface area contributed by atoms with E-state index in [0.717, 1.165) is 22.3 Å². The fourth-order valence-electron chi connectivity index (χ4n) is 3.42. The number of aryl methyl sites for hydroxylation is 1. The zero-order valence-electron chi connectivity index (χ0n) is 17.4. The number of amides is 2. The topological polar surface area (TPSA) is 111 Å². The van der Waals surface area contributed by atoms with Crippen molar-refractivity contribution < 1.29 is 14.4 Å². The summed E-state index contributed by atoms with van der Waals surface area (Å²) >= 11 is 1.08. The van der Waals surface area contributed by atoms with Gasteiger partial charge in [0.05, 0.1) is 23.1 Å². The molecule has 33 heavy (non-hydrogen) atoms. The summed E-state index contributed by atoms with van der Waals surface area (Å²) in [6.07, 6.45) is 4.44. The largest absolute Gasteiger partial charge is 0.293 e. The number of thioether (sulfide) groups is 1. The first-order valence-electron chi connectivity index (χ1n) is 9.97. The number of carbonyl (C=O) groups excluding carboxylic acids is 3. The van der Waals surface area contributed by atoms with Gasteiger partial charge in [-0.05, 0) is 19.1 Å². The molecule has 0 aliphatic carbocycles. The van der Waals surface area contributed by atoms with Gasteiger partial charge in [-0.15, -0.1) is 10.2 Å². The fraction of sp³-hybridized carbons (Fsp3) is 0.0870. The molecule has 0 spiro atoms. The lowest BCUT2D eigenvalue weighted by Crippen LogP contribution is -2.41. The van der Waals surface area contributed by atoms with Gasteiger partial charge in [0.25, 0.3) is 11.8 Å². The fourth-order valence-corrected chi connectivity index (χ4v) is 4.24. The van der Waals surface area contributed by atoms with Crippen LogP contribution < -0.4 is 5.01 Å². The standard InChI is InChI=1S/C23H16N6O3S/c1-14-6-8-15(9-7-14)19(30)13-33-23-27-26-20(18-12-24-10-11-25-18)28(23)29-21(31)16-4-2-3-5-17(16)22(29)32/h2-12H,13H2,1H3. The maximum atomic E-state index is 13.1. The van der Waals surface area contributed by atoms with Gasteiger partial charge in [0.15, 0.2) is 5.78 Å². The monoisotopic (exact) mass is 456 g/mol. The Morgan fingerprint density at radius 1 is 0.939 bits per heavy atom. The number of hydrogen-bond acceptors (Lipinski definition) is 8. The third-order valence-corrected chi connectivity index (χ3v) is 6.00. The minimum absolute atomic E-state index is 0.0465. The van der Waals surface area contributed by atoms with Gasteiger partial charge in [0.1, 0.15) is 5.69 Å². The van der Waals surface area contributed by atoms with Crippen molar-refractivity contribution in [1.29, 1.82) is 0 Å². The van der Waals surface area contributed by atoms with E-state index in [1.807, 2.05) is 19.1 Å². The third kappa shape index (κ3) is 3.70. The van der Waals surface area contributed by atoms with Crippen LogP contribution in [0.4, 0.5) is 0 Å². The van der Waals surface area contributed by atoms with Gasteiger partial charge in [-0.1, -0.05) is 53.7 Å². The molecule has 0 bridgehead atoms. The molecule has 1 aliphatic heterocycles. The Morgan fingerprint density at radius 2 is 1.64 bits per heavy atom. The van der Waals surface area contributed by atoms with Crippen LogP contribution in [0.1, 0.15) is 36.6 Å². The first kappa shape index (κ1) is 20.7.